The zero-order valence-electron chi connectivity index (χ0n) is 30.4. The van der Waals surface area contributed by atoms with Gasteiger partial charge in [-0.05, 0) is 96.8 Å². The van der Waals surface area contributed by atoms with Crippen LogP contribution in [-0.4, -0.2) is 28.4 Å². The predicted octanol–water partition coefficient (Wildman–Crippen LogP) is 11.9. The molecule has 0 N–H and O–H groups in total. The van der Waals surface area contributed by atoms with Gasteiger partial charge in [-0.15, -0.1) is 0 Å². The molecule has 7 rings (SSSR count). The summed E-state index contributed by atoms with van der Waals surface area (Å²) in [6.07, 6.45) is 5.82. The topological polar surface area (TPSA) is 43.4 Å². The predicted molar refractivity (Wildman–Crippen MR) is 212 cm³/mol. The SMILES string of the molecule is COc1ccccc1N(c1ccc(C2(c3ccc(N(c4ccccc4OC)c4ccccc4OC)cc3)CCCCC2)cc1)c1ccccc1OC. The standard InChI is InChI=1S/C46H46N2O4/c1-49-42-20-10-6-16-38(42)47(39-17-7-11-21-43(39)50-2)36-28-24-34(25-29-36)46(32-14-5-15-33-46)35-26-30-37(31-27-35)48(40-18-8-12-22-44(40)51-3)41-19-9-13-23-45(41)52-4/h6-13,16-31H,5,14-15,32-33H2,1-4H3. The van der Waals surface area contributed by atoms with Crippen molar-refractivity contribution in [3.63, 3.8) is 0 Å². The molecule has 1 aliphatic rings. The summed E-state index contributed by atoms with van der Waals surface area (Å²) in [5.74, 6) is 3.15. The summed E-state index contributed by atoms with van der Waals surface area (Å²) in [6.45, 7) is 0. The quantitative estimate of drug-likeness (QED) is 0.127. The fourth-order valence-corrected chi connectivity index (χ4v) is 7.83. The Bertz CT molecular complexity index is 1850. The van der Waals surface area contributed by atoms with Crippen LogP contribution in [0, 0.1) is 0 Å². The first-order chi connectivity index (χ1) is 25.6. The van der Waals surface area contributed by atoms with Crippen LogP contribution < -0.4 is 28.7 Å². The number of hydrogen-bond acceptors (Lipinski definition) is 6. The second-order valence-corrected chi connectivity index (χ2v) is 13.1. The number of ether oxygens (including phenoxy) is 4. The van der Waals surface area contributed by atoms with Crippen LogP contribution in [0.4, 0.5) is 34.1 Å². The highest BCUT2D eigenvalue weighted by molar-refractivity contribution is 5.84. The zero-order valence-corrected chi connectivity index (χ0v) is 30.4. The largest absolute Gasteiger partial charge is 0.495 e. The Kier molecular flexibility index (Phi) is 10.3. The monoisotopic (exact) mass is 690 g/mol. The van der Waals surface area contributed by atoms with E-state index in [4.69, 9.17) is 18.9 Å². The summed E-state index contributed by atoms with van der Waals surface area (Å²) in [4.78, 5) is 4.43. The molecule has 1 saturated carbocycles. The first kappa shape index (κ1) is 34.6. The van der Waals surface area contributed by atoms with E-state index in [9.17, 15) is 0 Å². The minimum absolute atomic E-state index is 0.102. The first-order valence-electron chi connectivity index (χ1n) is 18.0. The summed E-state index contributed by atoms with van der Waals surface area (Å²) in [5.41, 5.74) is 8.39. The maximum absolute atomic E-state index is 5.84. The summed E-state index contributed by atoms with van der Waals surface area (Å²) < 4.78 is 23.4. The van der Waals surface area contributed by atoms with Crippen molar-refractivity contribution < 1.29 is 18.9 Å². The minimum atomic E-state index is -0.102. The van der Waals surface area contributed by atoms with E-state index < -0.39 is 0 Å². The maximum atomic E-state index is 5.84. The average molecular weight is 691 g/mol. The Hall–Kier alpha value is -5.88. The summed E-state index contributed by atoms with van der Waals surface area (Å²) in [7, 11) is 6.86. The lowest BCUT2D eigenvalue weighted by Crippen LogP contribution is -2.30. The maximum Gasteiger partial charge on any atom is 0.142 e. The van der Waals surface area contributed by atoms with Gasteiger partial charge < -0.3 is 28.7 Å². The van der Waals surface area contributed by atoms with E-state index in [1.165, 1.54) is 30.4 Å². The van der Waals surface area contributed by atoms with Crippen LogP contribution in [0.3, 0.4) is 0 Å². The highest BCUT2D eigenvalue weighted by Gasteiger charge is 2.36. The van der Waals surface area contributed by atoms with Crippen molar-refractivity contribution in [3.05, 3.63) is 157 Å². The molecule has 6 aromatic rings. The van der Waals surface area contributed by atoms with E-state index in [1.807, 2.05) is 72.8 Å². The third-order valence-corrected chi connectivity index (χ3v) is 10.4. The van der Waals surface area contributed by atoms with Crippen LogP contribution in [0.2, 0.25) is 0 Å². The van der Waals surface area contributed by atoms with E-state index in [2.05, 4.69) is 82.6 Å². The van der Waals surface area contributed by atoms with E-state index in [0.29, 0.717) is 0 Å². The van der Waals surface area contributed by atoms with Crippen molar-refractivity contribution >= 4 is 34.1 Å². The molecule has 0 spiro atoms. The van der Waals surface area contributed by atoms with Crippen molar-refractivity contribution in [2.45, 2.75) is 37.5 Å². The van der Waals surface area contributed by atoms with Gasteiger partial charge >= 0.3 is 0 Å². The van der Waals surface area contributed by atoms with Gasteiger partial charge in [0.05, 0.1) is 51.2 Å². The first-order valence-corrected chi connectivity index (χ1v) is 18.0. The Morgan fingerprint density at radius 3 is 0.942 bits per heavy atom. The Morgan fingerprint density at radius 1 is 0.365 bits per heavy atom. The molecule has 0 heterocycles. The van der Waals surface area contributed by atoms with Crippen LogP contribution in [-0.2, 0) is 5.41 Å². The van der Waals surface area contributed by atoms with Gasteiger partial charge in [0.1, 0.15) is 23.0 Å². The lowest BCUT2D eigenvalue weighted by Gasteiger charge is -2.39. The highest BCUT2D eigenvalue weighted by Crippen LogP contribution is 2.49. The van der Waals surface area contributed by atoms with E-state index in [0.717, 1.165) is 70.0 Å². The molecule has 0 unspecified atom stereocenters. The average Bonchev–Trinajstić information content (AvgIpc) is 3.22. The molecule has 1 aliphatic carbocycles. The lowest BCUT2D eigenvalue weighted by molar-refractivity contribution is 0.346. The molecule has 0 aliphatic heterocycles. The van der Waals surface area contributed by atoms with Gasteiger partial charge in [0, 0.05) is 16.8 Å². The minimum Gasteiger partial charge on any atom is -0.495 e. The van der Waals surface area contributed by atoms with Crippen molar-refractivity contribution in [1.82, 2.24) is 0 Å². The fourth-order valence-electron chi connectivity index (χ4n) is 7.83. The molecule has 6 heteroatoms. The van der Waals surface area contributed by atoms with E-state index in [-0.39, 0.29) is 5.41 Å². The molecule has 0 aromatic heterocycles. The van der Waals surface area contributed by atoms with Crippen LogP contribution in [0.1, 0.15) is 43.2 Å². The Balaban J connectivity index is 1.30. The molecule has 52 heavy (non-hydrogen) atoms. The van der Waals surface area contributed by atoms with Crippen LogP contribution in [0.25, 0.3) is 0 Å². The molecule has 0 radical (unpaired) electrons. The number of anilines is 6. The number of hydrogen-bond donors (Lipinski definition) is 0. The molecular formula is C46H46N2O4. The van der Waals surface area contributed by atoms with Gasteiger partial charge in [-0.1, -0.05) is 92.1 Å². The van der Waals surface area contributed by atoms with Crippen LogP contribution in [0.5, 0.6) is 23.0 Å². The molecule has 0 atom stereocenters. The third-order valence-electron chi connectivity index (χ3n) is 10.4. The van der Waals surface area contributed by atoms with E-state index >= 15 is 0 Å². The summed E-state index contributed by atoms with van der Waals surface area (Å²) in [6, 6.07) is 50.7. The normalized spacial score (nSPS) is 13.5. The molecule has 0 bridgehead atoms. The van der Waals surface area contributed by atoms with Crippen molar-refractivity contribution in [2.75, 3.05) is 38.2 Å². The van der Waals surface area contributed by atoms with E-state index in [1.54, 1.807) is 28.4 Å². The summed E-state index contributed by atoms with van der Waals surface area (Å²) >= 11 is 0. The molecule has 6 nitrogen and oxygen atoms in total. The molecule has 1 fully saturated rings. The van der Waals surface area contributed by atoms with Crippen LogP contribution >= 0.6 is 0 Å². The number of benzene rings is 6. The zero-order chi connectivity index (χ0) is 35.9. The summed E-state index contributed by atoms with van der Waals surface area (Å²) in [5, 5.41) is 0. The molecule has 0 amide bonds. The number of rotatable bonds is 12. The highest BCUT2D eigenvalue weighted by atomic mass is 16.5. The van der Waals surface area contributed by atoms with Crippen molar-refractivity contribution in [2.24, 2.45) is 0 Å². The third kappa shape index (κ3) is 6.53. The fraction of sp³-hybridized carbons (Fsp3) is 0.217. The molecule has 264 valence electrons. The van der Waals surface area contributed by atoms with Crippen LogP contribution in [0.15, 0.2) is 146 Å². The number of para-hydroxylation sites is 8. The smallest absolute Gasteiger partial charge is 0.142 e. The van der Waals surface area contributed by atoms with Gasteiger partial charge in [-0.2, -0.15) is 0 Å². The van der Waals surface area contributed by atoms with Gasteiger partial charge in [-0.25, -0.2) is 0 Å². The van der Waals surface area contributed by atoms with Crippen molar-refractivity contribution in [1.29, 1.82) is 0 Å². The Labute approximate surface area is 307 Å². The number of nitrogens with zero attached hydrogens (tertiary/aromatic N) is 2. The lowest BCUT2D eigenvalue weighted by atomic mass is 9.65. The molecule has 6 aromatic carbocycles. The van der Waals surface area contributed by atoms with Gasteiger partial charge in [0.2, 0.25) is 0 Å². The van der Waals surface area contributed by atoms with Gasteiger partial charge in [0.25, 0.3) is 0 Å². The number of methoxy groups -OCH3 is 4. The van der Waals surface area contributed by atoms with Gasteiger partial charge in [0.15, 0.2) is 0 Å². The molecular weight excluding hydrogens is 645 g/mol. The Morgan fingerprint density at radius 2 is 0.654 bits per heavy atom. The van der Waals surface area contributed by atoms with Gasteiger partial charge in [-0.3, -0.25) is 0 Å². The second kappa shape index (κ2) is 15.6. The molecule has 0 saturated heterocycles. The van der Waals surface area contributed by atoms with Crippen molar-refractivity contribution in [3.8, 4) is 23.0 Å². The second-order valence-electron chi connectivity index (χ2n) is 13.1.